The molecule has 0 unspecified atom stereocenters. The lowest BCUT2D eigenvalue weighted by molar-refractivity contribution is 0.577. The SMILES string of the molecule is C#CCCCCNS(=O)(=O)c1ccc(Cl)c(N)c1Cl. The topological polar surface area (TPSA) is 72.2 Å². The fraction of sp³-hybridized carbons (Fsp3) is 0.333. The first-order valence-electron chi connectivity index (χ1n) is 5.56. The Balaban J connectivity index is 2.79. The van der Waals surface area contributed by atoms with Gasteiger partial charge in [-0.3, -0.25) is 0 Å². The Morgan fingerprint density at radius 2 is 2.00 bits per heavy atom. The average molecular weight is 321 g/mol. The van der Waals surface area contributed by atoms with Gasteiger partial charge in [-0.2, -0.15) is 0 Å². The standard InChI is InChI=1S/C12H14Cl2N2O2S/c1-2-3-4-5-8-16-19(17,18)10-7-6-9(13)12(15)11(10)14/h1,6-7,16H,3-5,8,15H2. The molecule has 4 nitrogen and oxygen atoms in total. The number of hydrogen-bond acceptors (Lipinski definition) is 3. The second kappa shape index (κ2) is 7.01. The van der Waals surface area contributed by atoms with E-state index in [1.165, 1.54) is 12.1 Å². The molecule has 3 N–H and O–H groups in total. The molecule has 0 saturated carbocycles. The van der Waals surface area contributed by atoms with E-state index < -0.39 is 10.0 Å². The lowest BCUT2D eigenvalue weighted by Gasteiger charge is -2.10. The zero-order valence-corrected chi connectivity index (χ0v) is 12.4. The van der Waals surface area contributed by atoms with Crippen molar-refractivity contribution in [1.29, 1.82) is 0 Å². The fourth-order valence-electron chi connectivity index (χ4n) is 1.39. The van der Waals surface area contributed by atoms with Gasteiger partial charge >= 0.3 is 0 Å². The van der Waals surface area contributed by atoms with E-state index in [1.54, 1.807) is 0 Å². The minimum absolute atomic E-state index is 0.0542. The minimum Gasteiger partial charge on any atom is -0.396 e. The summed E-state index contributed by atoms with van der Waals surface area (Å²) >= 11 is 11.6. The number of terminal acetylenes is 1. The van der Waals surface area contributed by atoms with Crippen molar-refractivity contribution in [2.75, 3.05) is 12.3 Å². The van der Waals surface area contributed by atoms with Gasteiger partial charge in [0.15, 0.2) is 0 Å². The van der Waals surface area contributed by atoms with E-state index in [0.29, 0.717) is 19.4 Å². The molecule has 1 aromatic carbocycles. The summed E-state index contributed by atoms with van der Waals surface area (Å²) in [6.07, 6.45) is 7.14. The van der Waals surface area contributed by atoms with Crippen LogP contribution in [0.5, 0.6) is 0 Å². The largest absolute Gasteiger partial charge is 0.396 e. The third-order valence-corrected chi connectivity index (χ3v) is 4.77. The maximum atomic E-state index is 12.0. The highest BCUT2D eigenvalue weighted by Crippen LogP contribution is 2.32. The summed E-state index contributed by atoms with van der Waals surface area (Å²) in [5.41, 5.74) is 5.65. The van der Waals surface area contributed by atoms with Crippen LogP contribution in [-0.2, 0) is 10.0 Å². The van der Waals surface area contributed by atoms with Gasteiger partial charge in [-0.15, -0.1) is 12.3 Å². The van der Waals surface area contributed by atoms with Crippen LogP contribution in [0, 0.1) is 12.3 Å². The van der Waals surface area contributed by atoms with Gasteiger partial charge in [-0.25, -0.2) is 13.1 Å². The van der Waals surface area contributed by atoms with Crippen molar-refractivity contribution in [3.8, 4) is 12.3 Å². The number of unbranched alkanes of at least 4 members (excludes halogenated alkanes) is 2. The zero-order chi connectivity index (χ0) is 14.5. The zero-order valence-electron chi connectivity index (χ0n) is 10.1. The van der Waals surface area contributed by atoms with Crippen molar-refractivity contribution in [2.24, 2.45) is 0 Å². The summed E-state index contributed by atoms with van der Waals surface area (Å²) in [6, 6.07) is 2.72. The third kappa shape index (κ3) is 4.29. The molecule has 0 spiro atoms. The van der Waals surface area contributed by atoms with Gasteiger partial charge in [0, 0.05) is 13.0 Å². The van der Waals surface area contributed by atoms with Crippen LogP contribution in [0.2, 0.25) is 10.0 Å². The predicted octanol–water partition coefficient (Wildman–Crippen LogP) is 2.66. The minimum atomic E-state index is -3.69. The quantitative estimate of drug-likeness (QED) is 0.481. The van der Waals surface area contributed by atoms with E-state index in [0.717, 1.165) is 6.42 Å². The number of sulfonamides is 1. The van der Waals surface area contributed by atoms with Crippen LogP contribution in [0.4, 0.5) is 5.69 Å². The molecule has 1 aromatic rings. The van der Waals surface area contributed by atoms with Crippen molar-refractivity contribution in [3.05, 3.63) is 22.2 Å². The van der Waals surface area contributed by atoms with E-state index in [4.69, 9.17) is 35.4 Å². The first-order chi connectivity index (χ1) is 8.90. The lowest BCUT2D eigenvalue weighted by Crippen LogP contribution is -2.25. The van der Waals surface area contributed by atoms with Gasteiger partial charge in [0.25, 0.3) is 0 Å². The Hall–Kier alpha value is -0.930. The molecule has 0 aliphatic rings. The summed E-state index contributed by atoms with van der Waals surface area (Å²) in [7, 11) is -3.69. The number of benzene rings is 1. The number of nitrogens with two attached hydrogens (primary N) is 1. The molecule has 0 aliphatic carbocycles. The Morgan fingerprint density at radius 1 is 1.32 bits per heavy atom. The molecule has 104 valence electrons. The number of nitrogen functional groups attached to an aromatic ring is 1. The maximum Gasteiger partial charge on any atom is 0.242 e. The monoisotopic (exact) mass is 320 g/mol. The molecule has 7 heteroatoms. The molecule has 0 aliphatic heterocycles. The average Bonchev–Trinajstić information content (AvgIpc) is 2.35. The van der Waals surface area contributed by atoms with E-state index in [-0.39, 0.29) is 20.6 Å². The molecule has 0 bridgehead atoms. The summed E-state index contributed by atoms with van der Waals surface area (Å²) in [5, 5.41) is 0.154. The van der Waals surface area contributed by atoms with Gasteiger partial charge in [0.05, 0.1) is 15.7 Å². The Bertz CT molecular complexity index is 594. The third-order valence-electron chi connectivity index (χ3n) is 2.42. The summed E-state index contributed by atoms with van der Waals surface area (Å²) in [6.45, 7) is 0.295. The predicted molar refractivity (Wildman–Crippen MR) is 78.7 cm³/mol. The Morgan fingerprint density at radius 3 is 2.63 bits per heavy atom. The normalized spacial score (nSPS) is 11.2. The molecule has 0 aromatic heterocycles. The highest BCUT2D eigenvalue weighted by atomic mass is 35.5. The number of halogens is 2. The molecule has 0 radical (unpaired) electrons. The van der Waals surface area contributed by atoms with Crippen LogP contribution in [0.3, 0.4) is 0 Å². The van der Waals surface area contributed by atoms with Crippen LogP contribution >= 0.6 is 23.2 Å². The lowest BCUT2D eigenvalue weighted by atomic mass is 10.2. The second-order valence-corrected chi connectivity index (χ2v) is 6.35. The number of rotatable bonds is 6. The van der Waals surface area contributed by atoms with Crippen LogP contribution in [0.15, 0.2) is 17.0 Å². The van der Waals surface area contributed by atoms with Crippen molar-refractivity contribution < 1.29 is 8.42 Å². The van der Waals surface area contributed by atoms with E-state index in [9.17, 15) is 8.42 Å². The van der Waals surface area contributed by atoms with Crippen LogP contribution in [0.1, 0.15) is 19.3 Å². The molecule has 0 saturated heterocycles. The number of anilines is 1. The van der Waals surface area contributed by atoms with Crippen molar-refractivity contribution in [2.45, 2.75) is 24.2 Å². The summed E-state index contributed by atoms with van der Waals surface area (Å²) < 4.78 is 26.5. The Kier molecular flexibility index (Phi) is 5.95. The van der Waals surface area contributed by atoms with Crippen molar-refractivity contribution in [1.82, 2.24) is 4.72 Å². The van der Waals surface area contributed by atoms with Crippen LogP contribution in [0.25, 0.3) is 0 Å². The molecule has 1 rings (SSSR count). The molecule has 19 heavy (non-hydrogen) atoms. The highest BCUT2D eigenvalue weighted by molar-refractivity contribution is 7.89. The van der Waals surface area contributed by atoms with Gasteiger partial charge in [-0.1, -0.05) is 23.2 Å². The summed E-state index contributed by atoms with van der Waals surface area (Å²) in [5.74, 6) is 2.49. The second-order valence-electron chi connectivity index (χ2n) is 3.83. The van der Waals surface area contributed by atoms with Crippen molar-refractivity contribution in [3.63, 3.8) is 0 Å². The number of nitrogens with one attached hydrogen (secondary N) is 1. The molecule has 0 atom stereocenters. The molecular weight excluding hydrogens is 307 g/mol. The van der Waals surface area contributed by atoms with E-state index in [1.807, 2.05) is 0 Å². The van der Waals surface area contributed by atoms with Gasteiger partial charge in [0.1, 0.15) is 4.90 Å². The first-order valence-corrected chi connectivity index (χ1v) is 7.80. The molecule has 0 fully saturated rings. The molecule has 0 amide bonds. The Labute approximate surface area is 123 Å². The first kappa shape index (κ1) is 16.1. The number of hydrogen-bond donors (Lipinski definition) is 2. The highest BCUT2D eigenvalue weighted by Gasteiger charge is 2.20. The van der Waals surface area contributed by atoms with Gasteiger partial charge in [-0.05, 0) is 25.0 Å². The van der Waals surface area contributed by atoms with E-state index in [2.05, 4.69) is 10.6 Å². The summed E-state index contributed by atoms with van der Waals surface area (Å²) in [4.78, 5) is -0.0759. The van der Waals surface area contributed by atoms with Crippen LogP contribution < -0.4 is 10.5 Å². The molecule has 0 heterocycles. The van der Waals surface area contributed by atoms with Crippen LogP contribution in [-0.4, -0.2) is 15.0 Å². The van der Waals surface area contributed by atoms with Gasteiger partial charge in [0.2, 0.25) is 10.0 Å². The molecular formula is C12H14Cl2N2O2S. The smallest absolute Gasteiger partial charge is 0.242 e. The maximum absolute atomic E-state index is 12.0. The van der Waals surface area contributed by atoms with E-state index >= 15 is 0 Å². The fourth-order valence-corrected chi connectivity index (χ4v) is 3.23. The van der Waals surface area contributed by atoms with Crippen molar-refractivity contribution >= 4 is 38.9 Å². The van der Waals surface area contributed by atoms with Gasteiger partial charge < -0.3 is 5.73 Å².